The van der Waals surface area contributed by atoms with Crippen LogP contribution < -0.4 is 5.73 Å². The van der Waals surface area contributed by atoms with E-state index >= 15 is 0 Å². The van der Waals surface area contributed by atoms with Gasteiger partial charge in [-0.1, -0.05) is 0 Å². The Morgan fingerprint density at radius 2 is 2.12 bits per heavy atom. The topological polar surface area (TPSA) is 69.4 Å². The monoisotopic (exact) mass is 227 g/mol. The lowest BCUT2D eigenvalue weighted by molar-refractivity contribution is -0.158. The van der Waals surface area contributed by atoms with Crippen LogP contribution in [0.2, 0.25) is 0 Å². The molecule has 4 nitrogen and oxygen atoms in total. The van der Waals surface area contributed by atoms with E-state index in [9.17, 15) is 9.59 Å². The number of ether oxygens (including phenoxy) is 1. The van der Waals surface area contributed by atoms with Gasteiger partial charge in [0.05, 0.1) is 0 Å². The standard InChI is InChI=1S/C12H21NO3/c1-12(2,3)16-11(15)10(13)8-5-4-6-9(14)7-8/h8,10H,4-7,13H2,1-3H3/t8-,10-/m0/s1. The van der Waals surface area contributed by atoms with E-state index in [0.717, 1.165) is 12.8 Å². The molecule has 16 heavy (non-hydrogen) atoms. The molecule has 1 rings (SSSR count). The van der Waals surface area contributed by atoms with E-state index in [1.807, 2.05) is 20.8 Å². The molecule has 0 aromatic rings. The summed E-state index contributed by atoms with van der Waals surface area (Å²) >= 11 is 0. The first-order valence-corrected chi connectivity index (χ1v) is 5.80. The van der Waals surface area contributed by atoms with Gasteiger partial charge in [0.2, 0.25) is 0 Å². The van der Waals surface area contributed by atoms with Gasteiger partial charge >= 0.3 is 5.97 Å². The van der Waals surface area contributed by atoms with Crippen LogP contribution in [0.25, 0.3) is 0 Å². The molecule has 4 heteroatoms. The van der Waals surface area contributed by atoms with Crippen LogP contribution in [0.15, 0.2) is 0 Å². The van der Waals surface area contributed by atoms with E-state index < -0.39 is 17.6 Å². The van der Waals surface area contributed by atoms with Crippen LogP contribution in [0.1, 0.15) is 46.5 Å². The van der Waals surface area contributed by atoms with E-state index in [4.69, 9.17) is 10.5 Å². The van der Waals surface area contributed by atoms with Crippen LogP contribution in [0.5, 0.6) is 0 Å². The lowest BCUT2D eigenvalue weighted by Gasteiger charge is -2.28. The van der Waals surface area contributed by atoms with E-state index in [1.54, 1.807) is 0 Å². The number of hydrogen-bond donors (Lipinski definition) is 1. The summed E-state index contributed by atoms with van der Waals surface area (Å²) in [6.45, 7) is 5.43. The molecule has 1 fully saturated rings. The third-order valence-corrected chi connectivity index (χ3v) is 2.71. The van der Waals surface area contributed by atoms with Gasteiger partial charge in [-0.2, -0.15) is 0 Å². The van der Waals surface area contributed by atoms with Crippen LogP contribution in [-0.2, 0) is 14.3 Å². The third kappa shape index (κ3) is 3.93. The largest absolute Gasteiger partial charge is 0.459 e. The van der Waals surface area contributed by atoms with Gasteiger partial charge in [0, 0.05) is 12.8 Å². The van der Waals surface area contributed by atoms with Gasteiger partial charge in [-0.15, -0.1) is 0 Å². The second-order valence-corrected chi connectivity index (χ2v) is 5.45. The fourth-order valence-electron chi connectivity index (χ4n) is 1.93. The Morgan fingerprint density at radius 1 is 1.50 bits per heavy atom. The number of Topliss-reactive ketones (excluding diaryl/α,β-unsaturated/α-hetero) is 1. The minimum Gasteiger partial charge on any atom is -0.459 e. The first-order chi connectivity index (χ1) is 7.29. The van der Waals surface area contributed by atoms with E-state index in [0.29, 0.717) is 12.8 Å². The molecule has 0 saturated heterocycles. The fraction of sp³-hybridized carbons (Fsp3) is 0.833. The highest BCUT2D eigenvalue weighted by atomic mass is 16.6. The van der Waals surface area contributed by atoms with Crippen molar-refractivity contribution < 1.29 is 14.3 Å². The highest BCUT2D eigenvalue weighted by Crippen LogP contribution is 2.24. The van der Waals surface area contributed by atoms with E-state index in [1.165, 1.54) is 0 Å². The molecule has 0 unspecified atom stereocenters. The molecule has 1 aliphatic rings. The molecule has 1 saturated carbocycles. The maximum absolute atomic E-state index is 11.7. The third-order valence-electron chi connectivity index (χ3n) is 2.71. The van der Waals surface area contributed by atoms with Crippen LogP contribution in [-0.4, -0.2) is 23.4 Å². The van der Waals surface area contributed by atoms with Crippen molar-refractivity contribution in [1.29, 1.82) is 0 Å². The molecule has 1 aliphatic carbocycles. The molecule has 0 aliphatic heterocycles. The van der Waals surface area contributed by atoms with Crippen molar-refractivity contribution in [2.24, 2.45) is 11.7 Å². The first kappa shape index (κ1) is 13.2. The van der Waals surface area contributed by atoms with Crippen molar-refractivity contribution >= 4 is 11.8 Å². The summed E-state index contributed by atoms with van der Waals surface area (Å²) in [6.07, 6.45) is 2.71. The van der Waals surface area contributed by atoms with Gasteiger partial charge in [-0.05, 0) is 39.5 Å². The Hall–Kier alpha value is -0.900. The fourth-order valence-corrected chi connectivity index (χ4v) is 1.93. The lowest BCUT2D eigenvalue weighted by atomic mass is 9.83. The highest BCUT2D eigenvalue weighted by Gasteiger charge is 2.32. The van der Waals surface area contributed by atoms with Crippen LogP contribution in [0.3, 0.4) is 0 Å². The summed E-state index contributed by atoms with van der Waals surface area (Å²) in [5, 5.41) is 0. The highest BCUT2D eigenvalue weighted by molar-refractivity contribution is 5.82. The predicted octanol–water partition coefficient (Wildman–Crippen LogP) is 1.41. The Labute approximate surface area is 96.5 Å². The summed E-state index contributed by atoms with van der Waals surface area (Å²) in [5.41, 5.74) is 5.31. The number of ketones is 1. The Balaban J connectivity index is 2.53. The average molecular weight is 227 g/mol. The van der Waals surface area contributed by atoms with Crippen LogP contribution >= 0.6 is 0 Å². The SMILES string of the molecule is CC(C)(C)OC(=O)[C@@H](N)[C@H]1CCCC(=O)C1. The summed E-state index contributed by atoms with van der Waals surface area (Å²) in [5.74, 6) is -0.237. The number of esters is 1. The van der Waals surface area contributed by atoms with Gasteiger partial charge in [-0.3, -0.25) is 9.59 Å². The quantitative estimate of drug-likeness (QED) is 0.724. The molecular weight excluding hydrogens is 206 g/mol. The van der Waals surface area contributed by atoms with Gasteiger partial charge in [0.1, 0.15) is 17.4 Å². The zero-order chi connectivity index (χ0) is 12.3. The van der Waals surface area contributed by atoms with E-state index in [-0.39, 0.29) is 11.7 Å². The molecule has 0 amide bonds. The van der Waals surface area contributed by atoms with Gasteiger partial charge in [0.15, 0.2) is 0 Å². The van der Waals surface area contributed by atoms with Crippen LogP contribution in [0.4, 0.5) is 0 Å². The van der Waals surface area contributed by atoms with Crippen molar-refractivity contribution in [3.8, 4) is 0 Å². The van der Waals surface area contributed by atoms with Gasteiger partial charge < -0.3 is 10.5 Å². The Kier molecular flexibility index (Phi) is 4.08. The average Bonchev–Trinajstić information content (AvgIpc) is 2.14. The molecule has 92 valence electrons. The van der Waals surface area contributed by atoms with Crippen molar-refractivity contribution in [2.45, 2.75) is 58.1 Å². The number of carbonyl (C=O) groups is 2. The van der Waals surface area contributed by atoms with Crippen molar-refractivity contribution in [3.63, 3.8) is 0 Å². The molecule has 0 heterocycles. The molecule has 2 atom stereocenters. The second kappa shape index (κ2) is 4.95. The molecule has 0 bridgehead atoms. The minimum atomic E-state index is -0.663. The van der Waals surface area contributed by atoms with Gasteiger partial charge in [-0.25, -0.2) is 0 Å². The predicted molar refractivity (Wildman–Crippen MR) is 60.8 cm³/mol. The molecule has 2 N–H and O–H groups in total. The number of rotatable bonds is 2. The Morgan fingerprint density at radius 3 is 2.62 bits per heavy atom. The number of hydrogen-bond acceptors (Lipinski definition) is 4. The lowest BCUT2D eigenvalue weighted by Crippen LogP contribution is -2.44. The van der Waals surface area contributed by atoms with Gasteiger partial charge in [0.25, 0.3) is 0 Å². The van der Waals surface area contributed by atoms with Crippen LogP contribution in [0, 0.1) is 5.92 Å². The zero-order valence-corrected chi connectivity index (χ0v) is 10.3. The van der Waals surface area contributed by atoms with Crippen molar-refractivity contribution in [3.05, 3.63) is 0 Å². The summed E-state index contributed by atoms with van der Waals surface area (Å²) in [4.78, 5) is 23.0. The molecule has 0 spiro atoms. The zero-order valence-electron chi connectivity index (χ0n) is 10.3. The second-order valence-electron chi connectivity index (χ2n) is 5.45. The molecule has 0 radical (unpaired) electrons. The smallest absolute Gasteiger partial charge is 0.323 e. The molecule has 0 aromatic carbocycles. The van der Waals surface area contributed by atoms with Crippen molar-refractivity contribution in [2.75, 3.05) is 0 Å². The maximum Gasteiger partial charge on any atom is 0.323 e. The molecule has 0 aromatic heterocycles. The maximum atomic E-state index is 11.7. The summed E-state index contributed by atoms with van der Waals surface area (Å²) in [6, 6.07) is -0.663. The summed E-state index contributed by atoms with van der Waals surface area (Å²) < 4.78 is 5.21. The number of carbonyl (C=O) groups excluding carboxylic acids is 2. The molecular formula is C12H21NO3. The first-order valence-electron chi connectivity index (χ1n) is 5.80. The summed E-state index contributed by atoms with van der Waals surface area (Å²) in [7, 11) is 0. The Bertz CT molecular complexity index is 280. The van der Waals surface area contributed by atoms with Crippen molar-refractivity contribution in [1.82, 2.24) is 0 Å². The number of nitrogens with two attached hydrogens (primary N) is 1. The van der Waals surface area contributed by atoms with E-state index in [2.05, 4.69) is 0 Å². The normalized spacial score (nSPS) is 24.0. The minimum absolute atomic E-state index is 0.0453.